The van der Waals surface area contributed by atoms with Gasteiger partial charge in [0.1, 0.15) is 0 Å². The van der Waals surface area contributed by atoms with Gasteiger partial charge >= 0.3 is 0 Å². The van der Waals surface area contributed by atoms with Crippen LogP contribution in [0.3, 0.4) is 0 Å². The fourth-order valence-corrected chi connectivity index (χ4v) is 5.23. The number of ketones is 2. The average molecular weight is 540 g/mol. The molecule has 3 aliphatic rings. The molecule has 24 heavy (non-hydrogen) atoms. The monoisotopic (exact) mass is 540 g/mol. The van der Waals surface area contributed by atoms with Gasteiger partial charge in [0.05, 0.1) is 13.2 Å². The zero-order chi connectivity index (χ0) is 17.0. The number of aliphatic hydroxyl groups is 1. The molecule has 0 aromatic rings. The second kappa shape index (κ2) is 6.46. The summed E-state index contributed by atoms with van der Waals surface area (Å²) in [5.41, 5.74) is -0.428. The summed E-state index contributed by atoms with van der Waals surface area (Å²) in [4.78, 5) is 28.1. The first-order valence-corrected chi connectivity index (χ1v) is 8.23. The average Bonchev–Trinajstić information content (AvgIpc) is 2.52. The molecule has 0 amide bonds. The van der Waals surface area contributed by atoms with Crippen LogP contribution in [0.25, 0.3) is 4.85 Å². The van der Waals surface area contributed by atoms with Gasteiger partial charge in [-0.25, -0.2) is 4.85 Å². The Kier molecular flexibility index (Phi) is 5.39. The molecule has 1 N–H and O–H groups in total. The van der Waals surface area contributed by atoms with Crippen molar-refractivity contribution in [2.75, 3.05) is 6.61 Å². The number of hydrogen-bond acceptors (Lipinski definition) is 3. The molecule has 0 spiro atoms. The summed E-state index contributed by atoms with van der Waals surface area (Å²) in [6.45, 7) is 13.2. The van der Waals surface area contributed by atoms with Crippen LogP contribution in [0.4, 0.5) is 0 Å². The van der Waals surface area contributed by atoms with E-state index in [0.29, 0.717) is 12.8 Å². The van der Waals surface area contributed by atoms with E-state index in [1.807, 2.05) is 20.8 Å². The predicted octanol–water partition coefficient (Wildman–Crippen LogP) is 3.08. The Balaban J connectivity index is 0.00000208. The minimum atomic E-state index is -0.633. The van der Waals surface area contributed by atoms with Crippen LogP contribution in [-0.2, 0) is 9.59 Å². The first-order chi connectivity index (χ1) is 10.7. The van der Waals surface area contributed by atoms with Crippen molar-refractivity contribution >= 4 is 11.6 Å². The zero-order valence-electron chi connectivity index (χ0n) is 14.6. The number of fused-ring (bicyclic) bond motifs is 3. The Morgan fingerprint density at radius 3 is 2.54 bits per heavy atom. The molecule has 0 aliphatic heterocycles. The number of Topliss-reactive ketones (excluding diaryl/α,β-unsaturated/α-hetero) is 1. The third kappa shape index (κ3) is 2.61. The van der Waals surface area contributed by atoms with Crippen molar-refractivity contribution in [1.82, 2.24) is 0 Å². The van der Waals surface area contributed by atoms with E-state index in [9.17, 15) is 14.7 Å². The molecule has 1 radical (unpaired) electrons. The van der Waals surface area contributed by atoms with Crippen LogP contribution in [0.1, 0.15) is 46.5 Å². The molecular weight excluding hydrogens is 517 g/mol. The van der Waals surface area contributed by atoms with Gasteiger partial charge in [-0.1, -0.05) is 26.8 Å². The fraction of sp³-hybridized carbons (Fsp3) is 0.632. The summed E-state index contributed by atoms with van der Waals surface area (Å²) in [5, 5.41) is 10.1. The Labute approximate surface area is 179 Å². The van der Waals surface area contributed by atoms with Gasteiger partial charge in [0, 0.05) is 66.7 Å². The fourth-order valence-electron chi connectivity index (χ4n) is 5.23. The van der Waals surface area contributed by atoms with Gasteiger partial charge < -0.3 is 9.90 Å². The molecule has 5 heteroatoms. The maximum atomic E-state index is 12.6. The standard InChI is InChI=1S/C19H23NO3.Ac/c1-17(2)14-6-8-19(11-21)7-5-12(22)9-15(19)18(14,3)10-13(20-4)16(17)23;/h9-10,14,21H,5-8,11H2,1-3H3;/t14-,18-,19+;/m0./s1. The largest absolute Gasteiger partial charge is 0.395 e. The van der Waals surface area contributed by atoms with Gasteiger partial charge in [-0.2, -0.15) is 0 Å². The van der Waals surface area contributed by atoms with Crippen LogP contribution in [0.5, 0.6) is 0 Å². The Morgan fingerprint density at radius 2 is 1.96 bits per heavy atom. The maximum Gasteiger partial charge on any atom is 0.226 e. The number of rotatable bonds is 1. The zero-order valence-corrected chi connectivity index (χ0v) is 19.3. The van der Waals surface area contributed by atoms with Gasteiger partial charge in [-0.05, 0) is 36.8 Å². The summed E-state index contributed by atoms with van der Waals surface area (Å²) in [6, 6.07) is 0. The van der Waals surface area contributed by atoms with Crippen LogP contribution in [-0.4, -0.2) is 23.3 Å². The first kappa shape index (κ1) is 20.0. The van der Waals surface area contributed by atoms with Crippen LogP contribution in [0.2, 0.25) is 0 Å². The molecule has 1 saturated carbocycles. The van der Waals surface area contributed by atoms with Crippen LogP contribution >= 0.6 is 0 Å². The maximum absolute atomic E-state index is 12.6. The summed E-state index contributed by atoms with van der Waals surface area (Å²) in [5.74, 6) is 0.0254. The number of hydrogen-bond donors (Lipinski definition) is 1. The summed E-state index contributed by atoms with van der Waals surface area (Å²) in [7, 11) is 0. The molecule has 4 nitrogen and oxygen atoms in total. The summed E-state index contributed by atoms with van der Waals surface area (Å²) >= 11 is 0. The van der Waals surface area contributed by atoms with E-state index in [2.05, 4.69) is 4.85 Å². The van der Waals surface area contributed by atoms with Crippen molar-refractivity contribution in [2.45, 2.75) is 46.5 Å². The number of carbonyl (C=O) groups is 2. The van der Waals surface area contributed by atoms with Crippen molar-refractivity contribution in [2.24, 2.45) is 22.2 Å². The Hall–Kier alpha value is -0.288. The van der Waals surface area contributed by atoms with Crippen molar-refractivity contribution in [3.63, 3.8) is 0 Å². The quantitative estimate of drug-likeness (QED) is 0.521. The van der Waals surface area contributed by atoms with Crippen LogP contribution < -0.4 is 0 Å². The predicted molar refractivity (Wildman–Crippen MR) is 86.1 cm³/mol. The van der Waals surface area contributed by atoms with Crippen molar-refractivity contribution in [3.05, 3.63) is 34.8 Å². The molecule has 0 unspecified atom stereocenters. The topological polar surface area (TPSA) is 58.7 Å². The third-order valence-corrected chi connectivity index (χ3v) is 6.49. The van der Waals surface area contributed by atoms with E-state index >= 15 is 0 Å². The van der Waals surface area contributed by atoms with E-state index in [1.54, 1.807) is 12.2 Å². The number of carbonyl (C=O) groups excluding carboxylic acids is 2. The van der Waals surface area contributed by atoms with Crippen LogP contribution in [0.15, 0.2) is 23.4 Å². The molecule has 3 aliphatic carbocycles. The first-order valence-electron chi connectivity index (χ1n) is 8.23. The molecule has 1 fully saturated rings. The van der Waals surface area contributed by atoms with Gasteiger partial charge in [-0.3, -0.25) is 4.79 Å². The van der Waals surface area contributed by atoms with Crippen molar-refractivity contribution in [1.29, 1.82) is 0 Å². The van der Waals surface area contributed by atoms with Crippen LogP contribution in [0, 0.1) is 72.8 Å². The van der Waals surface area contributed by atoms with Crippen molar-refractivity contribution in [3.8, 4) is 0 Å². The van der Waals surface area contributed by atoms with Gasteiger partial charge in [0.15, 0.2) is 11.6 Å². The molecule has 3 atom stereocenters. The molecule has 0 heterocycles. The van der Waals surface area contributed by atoms with E-state index < -0.39 is 10.8 Å². The molecule has 0 aromatic heterocycles. The SMILES string of the molecule is [Ac].[C-]#[N+]C1=C[C@]2(C)C3=CC(=O)CC[C@]3(CO)CC[C@H]2C(C)(C)C1=O. The molecule has 125 valence electrons. The molecule has 3 rings (SSSR count). The van der Waals surface area contributed by atoms with Gasteiger partial charge in [0.2, 0.25) is 5.70 Å². The molecular formula is C19H23AcNO3. The van der Waals surface area contributed by atoms with E-state index in [1.165, 1.54) is 0 Å². The minimum absolute atomic E-state index is 0. The van der Waals surface area contributed by atoms with E-state index in [0.717, 1.165) is 18.4 Å². The smallest absolute Gasteiger partial charge is 0.226 e. The Bertz CT molecular complexity index is 700. The van der Waals surface area contributed by atoms with E-state index in [-0.39, 0.29) is 79.3 Å². The molecule has 0 bridgehead atoms. The van der Waals surface area contributed by atoms with Gasteiger partial charge in [-0.15, -0.1) is 0 Å². The van der Waals surface area contributed by atoms with Crippen molar-refractivity contribution < 1.29 is 58.8 Å². The number of aliphatic hydroxyl groups excluding tert-OH is 1. The number of nitrogens with zero attached hydrogens (tertiary/aromatic N) is 1. The Morgan fingerprint density at radius 1 is 1.29 bits per heavy atom. The minimum Gasteiger partial charge on any atom is -0.395 e. The molecule has 0 saturated heterocycles. The second-order valence-electron chi connectivity index (χ2n) is 8.03. The normalized spacial score (nSPS) is 37.2. The summed E-state index contributed by atoms with van der Waals surface area (Å²) < 4.78 is 0. The molecule has 0 aromatic carbocycles. The third-order valence-electron chi connectivity index (χ3n) is 6.49. The summed E-state index contributed by atoms with van der Waals surface area (Å²) in [6.07, 6.45) is 6.20. The number of allylic oxidation sites excluding steroid dienone is 3. The van der Waals surface area contributed by atoms with E-state index in [4.69, 9.17) is 6.57 Å². The second-order valence-corrected chi connectivity index (χ2v) is 8.03. The van der Waals surface area contributed by atoms with Gasteiger partial charge in [0.25, 0.3) is 0 Å².